The summed E-state index contributed by atoms with van der Waals surface area (Å²) in [5.41, 5.74) is 0. The highest BCUT2D eigenvalue weighted by atomic mass is 16.6. The zero-order valence-electron chi connectivity index (χ0n) is 10.6. The number of hydrogen-bond donors (Lipinski definition) is 0. The Kier molecular flexibility index (Phi) is 4.62. The number of rotatable bonds is 3. The topological polar surface area (TPSA) is 46.9 Å². The number of amides is 1. The molecule has 0 saturated carbocycles. The average Bonchev–Trinajstić information content (AvgIpc) is 2.82. The van der Waals surface area contributed by atoms with Crippen molar-refractivity contribution < 1.29 is 9.53 Å². The molecule has 0 bridgehead atoms. The Hall–Kier alpha value is -0.810. The summed E-state index contributed by atoms with van der Waals surface area (Å²) >= 11 is 0. The van der Waals surface area contributed by atoms with Crippen LogP contribution in [0.25, 0.3) is 0 Å². The molecule has 1 radical (unpaired) electrons. The lowest BCUT2D eigenvalue weighted by atomic mass is 10.2. The molecule has 5 heteroatoms. The van der Waals surface area contributed by atoms with Crippen LogP contribution in [0.1, 0.15) is 19.8 Å². The Balaban J connectivity index is 1.77. The smallest absolute Gasteiger partial charge is 0.409 e. The molecule has 0 spiro atoms. The van der Waals surface area contributed by atoms with Gasteiger partial charge in [-0.25, -0.2) is 10.1 Å². The van der Waals surface area contributed by atoms with Gasteiger partial charge in [0.1, 0.15) is 0 Å². The SMILES string of the molecule is CCOC(=O)N1CC[N]C(CN2CCCC2)C1. The van der Waals surface area contributed by atoms with Crippen molar-refractivity contribution in [2.45, 2.75) is 25.8 Å². The summed E-state index contributed by atoms with van der Waals surface area (Å²) in [6, 6.07) is 0.270. The zero-order chi connectivity index (χ0) is 12.1. The molecule has 1 unspecified atom stereocenters. The molecule has 0 aromatic rings. The van der Waals surface area contributed by atoms with Gasteiger partial charge >= 0.3 is 6.09 Å². The first-order valence-corrected chi connectivity index (χ1v) is 6.60. The van der Waals surface area contributed by atoms with Crippen LogP contribution in [0.15, 0.2) is 0 Å². The molecule has 2 aliphatic heterocycles. The van der Waals surface area contributed by atoms with Gasteiger partial charge in [0.05, 0.1) is 12.6 Å². The summed E-state index contributed by atoms with van der Waals surface area (Å²) < 4.78 is 5.03. The first-order chi connectivity index (χ1) is 8.29. The lowest BCUT2D eigenvalue weighted by molar-refractivity contribution is 0.0899. The Morgan fingerprint density at radius 2 is 2.12 bits per heavy atom. The van der Waals surface area contributed by atoms with Crippen LogP contribution in [0.3, 0.4) is 0 Å². The molecule has 1 atom stereocenters. The van der Waals surface area contributed by atoms with Crippen LogP contribution < -0.4 is 5.32 Å². The molecule has 2 heterocycles. The Bertz CT molecular complexity index is 254. The Labute approximate surface area is 103 Å². The maximum absolute atomic E-state index is 11.6. The summed E-state index contributed by atoms with van der Waals surface area (Å²) in [6.45, 7) is 7.83. The van der Waals surface area contributed by atoms with E-state index < -0.39 is 0 Å². The van der Waals surface area contributed by atoms with Crippen LogP contribution in [-0.4, -0.2) is 67.8 Å². The maximum Gasteiger partial charge on any atom is 0.409 e. The van der Waals surface area contributed by atoms with Gasteiger partial charge in [0.15, 0.2) is 0 Å². The van der Waals surface area contributed by atoms with E-state index in [1.54, 1.807) is 4.90 Å². The third kappa shape index (κ3) is 3.57. The summed E-state index contributed by atoms with van der Waals surface area (Å²) in [5, 5.41) is 4.59. The third-order valence-corrected chi connectivity index (χ3v) is 3.38. The molecule has 1 amide bonds. The van der Waals surface area contributed by atoms with Gasteiger partial charge in [0, 0.05) is 26.2 Å². The fourth-order valence-electron chi connectivity index (χ4n) is 2.52. The van der Waals surface area contributed by atoms with E-state index in [9.17, 15) is 4.79 Å². The van der Waals surface area contributed by atoms with Crippen molar-refractivity contribution in [2.75, 3.05) is 45.9 Å². The molecule has 0 aromatic heterocycles. The van der Waals surface area contributed by atoms with Crippen molar-refractivity contribution in [3.8, 4) is 0 Å². The number of ether oxygens (including phenoxy) is 1. The van der Waals surface area contributed by atoms with Crippen LogP contribution in [0, 0.1) is 0 Å². The number of piperazine rings is 1. The minimum absolute atomic E-state index is 0.186. The second-order valence-corrected chi connectivity index (χ2v) is 4.71. The monoisotopic (exact) mass is 240 g/mol. The first kappa shape index (κ1) is 12.6. The van der Waals surface area contributed by atoms with Crippen molar-refractivity contribution in [1.82, 2.24) is 15.1 Å². The fraction of sp³-hybridized carbons (Fsp3) is 0.917. The quantitative estimate of drug-likeness (QED) is 0.723. The van der Waals surface area contributed by atoms with E-state index in [1.807, 2.05) is 6.92 Å². The molecule has 0 aliphatic carbocycles. The van der Waals surface area contributed by atoms with Gasteiger partial charge in [-0.3, -0.25) is 0 Å². The Morgan fingerprint density at radius 3 is 2.82 bits per heavy atom. The number of nitrogens with zero attached hydrogens (tertiary/aromatic N) is 3. The van der Waals surface area contributed by atoms with Crippen molar-refractivity contribution >= 4 is 6.09 Å². The normalized spacial score (nSPS) is 26.2. The molecule has 2 saturated heterocycles. The predicted molar refractivity (Wildman–Crippen MR) is 65.1 cm³/mol. The molecular formula is C12H22N3O2. The molecule has 0 aromatic carbocycles. The number of carbonyl (C=O) groups excluding carboxylic acids is 1. The van der Waals surface area contributed by atoms with E-state index in [2.05, 4.69) is 10.2 Å². The van der Waals surface area contributed by atoms with Gasteiger partial charge in [-0.15, -0.1) is 0 Å². The maximum atomic E-state index is 11.6. The molecule has 97 valence electrons. The van der Waals surface area contributed by atoms with Gasteiger partial charge < -0.3 is 14.5 Å². The minimum atomic E-state index is -0.186. The van der Waals surface area contributed by atoms with E-state index in [4.69, 9.17) is 4.74 Å². The van der Waals surface area contributed by atoms with Gasteiger partial charge in [-0.05, 0) is 32.9 Å². The van der Waals surface area contributed by atoms with Gasteiger partial charge in [-0.2, -0.15) is 0 Å². The summed E-state index contributed by atoms with van der Waals surface area (Å²) in [6.07, 6.45) is 2.41. The van der Waals surface area contributed by atoms with E-state index in [0.717, 1.165) is 19.6 Å². The van der Waals surface area contributed by atoms with Crippen molar-refractivity contribution in [3.63, 3.8) is 0 Å². The molecule has 2 aliphatic rings. The highest BCUT2D eigenvalue weighted by Gasteiger charge is 2.27. The second-order valence-electron chi connectivity index (χ2n) is 4.71. The van der Waals surface area contributed by atoms with Gasteiger partial charge in [-0.1, -0.05) is 0 Å². The van der Waals surface area contributed by atoms with Gasteiger partial charge in [0.2, 0.25) is 0 Å². The third-order valence-electron chi connectivity index (χ3n) is 3.38. The summed E-state index contributed by atoms with van der Waals surface area (Å²) in [7, 11) is 0. The fourth-order valence-corrected chi connectivity index (χ4v) is 2.52. The lowest BCUT2D eigenvalue weighted by Crippen LogP contribution is -2.53. The number of carbonyl (C=O) groups is 1. The van der Waals surface area contributed by atoms with Crippen LogP contribution in [0.4, 0.5) is 4.79 Å². The van der Waals surface area contributed by atoms with Crippen LogP contribution in [0.2, 0.25) is 0 Å². The zero-order valence-corrected chi connectivity index (χ0v) is 10.6. The van der Waals surface area contributed by atoms with Gasteiger partial charge in [0.25, 0.3) is 0 Å². The standard InChI is InChI=1S/C12H22N3O2/c1-2-17-12(16)15-8-5-13-11(10-15)9-14-6-3-4-7-14/h11H,2-10H2,1H3. The molecule has 2 rings (SSSR count). The van der Waals surface area contributed by atoms with Crippen molar-refractivity contribution in [2.24, 2.45) is 0 Å². The van der Waals surface area contributed by atoms with Crippen LogP contribution in [0.5, 0.6) is 0 Å². The lowest BCUT2D eigenvalue weighted by Gasteiger charge is -2.33. The number of hydrogen-bond acceptors (Lipinski definition) is 3. The van der Waals surface area contributed by atoms with Crippen molar-refractivity contribution in [3.05, 3.63) is 0 Å². The van der Waals surface area contributed by atoms with E-state index in [-0.39, 0.29) is 12.1 Å². The van der Waals surface area contributed by atoms with E-state index in [0.29, 0.717) is 13.2 Å². The molecule has 2 fully saturated rings. The average molecular weight is 240 g/mol. The summed E-state index contributed by atoms with van der Waals surface area (Å²) in [5.74, 6) is 0. The molecule has 17 heavy (non-hydrogen) atoms. The summed E-state index contributed by atoms with van der Waals surface area (Å²) in [4.78, 5) is 15.9. The predicted octanol–water partition coefficient (Wildman–Crippen LogP) is 0.527. The van der Waals surface area contributed by atoms with Crippen molar-refractivity contribution in [1.29, 1.82) is 0 Å². The largest absolute Gasteiger partial charge is 0.450 e. The minimum Gasteiger partial charge on any atom is -0.450 e. The highest BCUT2D eigenvalue weighted by molar-refractivity contribution is 5.67. The van der Waals surface area contributed by atoms with Crippen LogP contribution >= 0.6 is 0 Å². The molecular weight excluding hydrogens is 218 g/mol. The second kappa shape index (κ2) is 6.21. The van der Waals surface area contributed by atoms with E-state index in [1.165, 1.54) is 25.9 Å². The Morgan fingerprint density at radius 1 is 1.35 bits per heavy atom. The number of likely N-dealkylation sites (tertiary alicyclic amines) is 1. The van der Waals surface area contributed by atoms with E-state index >= 15 is 0 Å². The molecule has 0 N–H and O–H groups in total. The molecule has 5 nitrogen and oxygen atoms in total. The first-order valence-electron chi connectivity index (χ1n) is 6.60. The highest BCUT2D eigenvalue weighted by Crippen LogP contribution is 2.10. The van der Waals surface area contributed by atoms with Crippen LogP contribution in [-0.2, 0) is 4.74 Å².